The molecule has 0 radical (unpaired) electrons. The Balaban J connectivity index is 1.93. The first kappa shape index (κ1) is 18.5. The van der Waals surface area contributed by atoms with Gasteiger partial charge in [-0.1, -0.05) is 37.0 Å². The number of H-pyrrole nitrogens is 1. The van der Waals surface area contributed by atoms with E-state index in [-0.39, 0.29) is 0 Å². The largest absolute Gasteiger partial charge is 0.436 e. The SMILES string of the molecule is CC(C)c1c[nH]c2ccc(Oc3c(Cl)cc(/N=C/N(C)C)cc3Cl)nc12. The molecule has 1 aromatic carbocycles. The van der Waals surface area contributed by atoms with Gasteiger partial charge in [0, 0.05) is 26.4 Å². The number of hydrogen-bond donors (Lipinski definition) is 1. The third-order valence-corrected chi connectivity index (χ3v) is 4.34. The smallest absolute Gasteiger partial charge is 0.220 e. The second-order valence-electron chi connectivity index (χ2n) is 6.49. The summed E-state index contributed by atoms with van der Waals surface area (Å²) < 4.78 is 5.88. The van der Waals surface area contributed by atoms with E-state index in [2.05, 4.69) is 28.8 Å². The Hall–Kier alpha value is -2.24. The maximum absolute atomic E-state index is 6.35. The first-order valence-corrected chi connectivity index (χ1v) is 8.96. The van der Waals surface area contributed by atoms with E-state index in [1.165, 1.54) is 0 Å². The van der Waals surface area contributed by atoms with Gasteiger partial charge in [-0.05, 0) is 29.7 Å². The average Bonchev–Trinajstić information content (AvgIpc) is 2.99. The molecule has 5 nitrogen and oxygen atoms in total. The lowest BCUT2D eigenvalue weighted by molar-refractivity contribution is 0.465. The molecule has 0 fully saturated rings. The third-order valence-electron chi connectivity index (χ3n) is 3.78. The van der Waals surface area contributed by atoms with Crippen LogP contribution in [0.2, 0.25) is 10.0 Å². The molecule has 0 unspecified atom stereocenters. The highest BCUT2D eigenvalue weighted by atomic mass is 35.5. The monoisotopic (exact) mass is 390 g/mol. The second-order valence-corrected chi connectivity index (χ2v) is 7.31. The number of hydrogen-bond acceptors (Lipinski definition) is 3. The lowest BCUT2D eigenvalue weighted by atomic mass is 10.1. The van der Waals surface area contributed by atoms with E-state index in [1.807, 2.05) is 31.3 Å². The molecule has 0 saturated heterocycles. The van der Waals surface area contributed by atoms with Crippen LogP contribution in [0.5, 0.6) is 11.6 Å². The fourth-order valence-electron chi connectivity index (χ4n) is 2.50. The zero-order valence-corrected chi connectivity index (χ0v) is 16.6. The van der Waals surface area contributed by atoms with Gasteiger partial charge in [-0.25, -0.2) is 9.98 Å². The number of benzene rings is 1. The van der Waals surface area contributed by atoms with Gasteiger partial charge in [-0.15, -0.1) is 0 Å². The maximum Gasteiger partial charge on any atom is 0.220 e. The second kappa shape index (κ2) is 7.56. The number of fused-ring (bicyclic) bond motifs is 1. The normalized spacial score (nSPS) is 11.7. The molecule has 2 heterocycles. The van der Waals surface area contributed by atoms with E-state index in [9.17, 15) is 0 Å². The summed E-state index contributed by atoms with van der Waals surface area (Å²) in [6.45, 7) is 4.25. The summed E-state index contributed by atoms with van der Waals surface area (Å²) in [5.41, 5.74) is 3.64. The number of nitrogens with one attached hydrogen (secondary N) is 1. The van der Waals surface area contributed by atoms with Crippen LogP contribution in [0.4, 0.5) is 5.69 Å². The van der Waals surface area contributed by atoms with Crippen molar-refractivity contribution >= 4 is 46.3 Å². The van der Waals surface area contributed by atoms with Crippen LogP contribution in [0.3, 0.4) is 0 Å². The highest BCUT2D eigenvalue weighted by molar-refractivity contribution is 6.37. The number of halogens is 2. The summed E-state index contributed by atoms with van der Waals surface area (Å²) in [7, 11) is 3.77. The molecule has 0 aliphatic carbocycles. The van der Waals surface area contributed by atoms with Crippen molar-refractivity contribution in [3.8, 4) is 11.6 Å². The summed E-state index contributed by atoms with van der Waals surface area (Å²) >= 11 is 12.7. The number of pyridine rings is 1. The van der Waals surface area contributed by atoms with E-state index in [0.29, 0.717) is 33.3 Å². The van der Waals surface area contributed by atoms with Crippen molar-refractivity contribution in [3.63, 3.8) is 0 Å². The molecule has 0 aliphatic heterocycles. The first-order valence-electron chi connectivity index (χ1n) is 8.20. The first-order chi connectivity index (χ1) is 12.3. The minimum atomic E-state index is 0.354. The number of nitrogens with zero attached hydrogens (tertiary/aromatic N) is 3. The number of ether oxygens (including phenoxy) is 1. The van der Waals surface area contributed by atoms with Gasteiger partial charge in [0.25, 0.3) is 0 Å². The van der Waals surface area contributed by atoms with Gasteiger partial charge in [0.1, 0.15) is 0 Å². The lowest BCUT2D eigenvalue weighted by Gasteiger charge is -2.11. The van der Waals surface area contributed by atoms with Crippen LogP contribution in [0.1, 0.15) is 25.3 Å². The Morgan fingerprint density at radius 3 is 2.50 bits per heavy atom. The van der Waals surface area contributed by atoms with Crippen molar-refractivity contribution < 1.29 is 4.74 Å². The van der Waals surface area contributed by atoms with Crippen LogP contribution in [0, 0.1) is 0 Å². The van der Waals surface area contributed by atoms with E-state index < -0.39 is 0 Å². The van der Waals surface area contributed by atoms with E-state index >= 15 is 0 Å². The van der Waals surface area contributed by atoms with Gasteiger partial charge in [0.2, 0.25) is 5.88 Å². The van der Waals surface area contributed by atoms with Crippen LogP contribution in [0.25, 0.3) is 11.0 Å². The Kier molecular flexibility index (Phi) is 5.39. The van der Waals surface area contributed by atoms with Crippen LogP contribution in [0.15, 0.2) is 35.5 Å². The van der Waals surface area contributed by atoms with Gasteiger partial charge in [0.05, 0.1) is 33.1 Å². The highest BCUT2D eigenvalue weighted by Crippen LogP contribution is 2.39. The fourth-order valence-corrected chi connectivity index (χ4v) is 3.06. The molecular weight excluding hydrogens is 371 g/mol. The van der Waals surface area contributed by atoms with Crippen LogP contribution >= 0.6 is 23.2 Å². The van der Waals surface area contributed by atoms with Gasteiger partial charge < -0.3 is 14.6 Å². The summed E-state index contributed by atoms with van der Waals surface area (Å²) in [5, 5.41) is 0.756. The van der Waals surface area contributed by atoms with Crippen molar-refractivity contribution in [1.82, 2.24) is 14.9 Å². The molecule has 0 atom stereocenters. The van der Waals surface area contributed by atoms with Crippen LogP contribution < -0.4 is 4.74 Å². The van der Waals surface area contributed by atoms with Crippen molar-refractivity contribution in [3.05, 3.63) is 46.1 Å². The van der Waals surface area contributed by atoms with E-state index in [4.69, 9.17) is 27.9 Å². The molecular formula is C19H20Cl2N4O. The quantitative estimate of drug-likeness (QED) is 0.428. The molecule has 26 heavy (non-hydrogen) atoms. The van der Waals surface area contributed by atoms with E-state index in [1.54, 1.807) is 24.5 Å². The molecule has 0 amide bonds. The molecule has 0 saturated carbocycles. The molecule has 0 spiro atoms. The zero-order valence-electron chi connectivity index (χ0n) is 15.0. The number of aromatic amines is 1. The maximum atomic E-state index is 6.35. The van der Waals surface area contributed by atoms with Crippen LogP contribution in [-0.2, 0) is 0 Å². The predicted molar refractivity (Wildman–Crippen MR) is 109 cm³/mol. The lowest BCUT2D eigenvalue weighted by Crippen LogP contribution is -2.06. The minimum Gasteiger partial charge on any atom is -0.436 e. The Labute approximate surface area is 162 Å². The van der Waals surface area contributed by atoms with Gasteiger partial charge >= 0.3 is 0 Å². The van der Waals surface area contributed by atoms with Gasteiger partial charge in [-0.2, -0.15) is 0 Å². The molecule has 3 rings (SSSR count). The summed E-state index contributed by atoms with van der Waals surface area (Å²) in [6.07, 6.45) is 3.65. The highest BCUT2D eigenvalue weighted by Gasteiger charge is 2.14. The summed E-state index contributed by atoms with van der Waals surface area (Å²) in [5.74, 6) is 1.16. The van der Waals surface area contributed by atoms with Crippen molar-refractivity contribution in [1.29, 1.82) is 0 Å². The minimum absolute atomic E-state index is 0.354. The molecule has 2 aromatic heterocycles. The van der Waals surface area contributed by atoms with Crippen molar-refractivity contribution in [2.75, 3.05) is 14.1 Å². The third kappa shape index (κ3) is 3.94. The number of aromatic nitrogens is 2. The van der Waals surface area contributed by atoms with Gasteiger partial charge in [-0.3, -0.25) is 0 Å². The summed E-state index contributed by atoms with van der Waals surface area (Å²) in [6, 6.07) is 7.13. The number of aliphatic imine (C=N–C) groups is 1. The van der Waals surface area contributed by atoms with Crippen LogP contribution in [-0.4, -0.2) is 35.3 Å². The molecule has 1 N–H and O–H groups in total. The van der Waals surface area contributed by atoms with Gasteiger partial charge in [0.15, 0.2) is 5.75 Å². The molecule has 0 bridgehead atoms. The Morgan fingerprint density at radius 1 is 1.19 bits per heavy atom. The Morgan fingerprint density at radius 2 is 1.88 bits per heavy atom. The predicted octanol–water partition coefficient (Wildman–Crippen LogP) is 6.01. The topological polar surface area (TPSA) is 53.5 Å². The number of rotatable bonds is 5. The Bertz CT molecular complexity index is 940. The molecule has 3 aromatic rings. The van der Waals surface area contributed by atoms with Crippen molar-refractivity contribution in [2.45, 2.75) is 19.8 Å². The zero-order chi connectivity index (χ0) is 18.8. The molecule has 0 aliphatic rings. The standard InChI is InChI=1S/C19H20Cl2N4O/c1-11(2)13-9-22-16-5-6-17(24-18(13)16)26-19-14(20)7-12(8-15(19)21)23-10-25(3)4/h5-11,22H,1-4H3/b23-10+. The van der Waals surface area contributed by atoms with Crippen molar-refractivity contribution in [2.24, 2.45) is 4.99 Å². The molecule has 136 valence electrons. The average molecular weight is 391 g/mol. The van der Waals surface area contributed by atoms with E-state index in [0.717, 1.165) is 16.6 Å². The fraction of sp³-hybridized carbons (Fsp3) is 0.263. The summed E-state index contributed by atoms with van der Waals surface area (Å²) in [4.78, 5) is 14.0. The molecule has 7 heteroatoms.